The first-order valence-electron chi connectivity index (χ1n) is 12.2. The lowest BCUT2D eigenvalue weighted by atomic mass is 9.91. The van der Waals surface area contributed by atoms with E-state index in [4.69, 9.17) is 11.6 Å². The van der Waals surface area contributed by atoms with Crippen LogP contribution in [0.25, 0.3) is 10.8 Å². The standard InChI is InChI=1S/C30H27ClN2O2/c1-3-18(2)32-29(34)23-9-6-8-22-26(16-15-24(28(22)23)30(32)35)33-25-10-5-4-7-19(25)11-12-20-13-14-21(31)17-27(20)33/h4-10,13-18,29,34H,3,11-12H2,1-2H3. The van der Waals surface area contributed by atoms with Crippen molar-refractivity contribution in [3.63, 3.8) is 0 Å². The van der Waals surface area contributed by atoms with Gasteiger partial charge in [0.15, 0.2) is 6.23 Å². The molecule has 0 fully saturated rings. The summed E-state index contributed by atoms with van der Waals surface area (Å²) in [6.45, 7) is 4.01. The normalized spacial score (nSPS) is 17.7. The fraction of sp³-hybridized carbons (Fsp3) is 0.233. The number of para-hydroxylation sites is 1. The van der Waals surface area contributed by atoms with E-state index >= 15 is 0 Å². The van der Waals surface area contributed by atoms with Crippen LogP contribution in [0.3, 0.4) is 0 Å². The summed E-state index contributed by atoms with van der Waals surface area (Å²) in [6.07, 6.45) is 1.65. The van der Waals surface area contributed by atoms with Crippen LogP contribution in [0, 0.1) is 0 Å². The van der Waals surface area contributed by atoms with Gasteiger partial charge < -0.3 is 14.9 Å². The summed E-state index contributed by atoms with van der Waals surface area (Å²) in [5.41, 5.74) is 7.03. The van der Waals surface area contributed by atoms with Crippen LogP contribution >= 0.6 is 11.6 Å². The number of hydrogen-bond acceptors (Lipinski definition) is 3. The predicted octanol–water partition coefficient (Wildman–Crippen LogP) is 7.31. The summed E-state index contributed by atoms with van der Waals surface area (Å²) in [7, 11) is 0. The number of carbonyl (C=O) groups is 1. The van der Waals surface area contributed by atoms with Crippen LogP contribution in [-0.2, 0) is 12.8 Å². The zero-order chi connectivity index (χ0) is 24.3. The Morgan fingerprint density at radius 3 is 2.51 bits per heavy atom. The molecule has 35 heavy (non-hydrogen) atoms. The number of nitrogens with zero attached hydrogens (tertiary/aromatic N) is 2. The quantitative estimate of drug-likeness (QED) is 0.333. The number of hydrogen-bond donors (Lipinski definition) is 1. The van der Waals surface area contributed by atoms with Crippen molar-refractivity contribution in [3.8, 4) is 0 Å². The second kappa shape index (κ2) is 8.40. The van der Waals surface area contributed by atoms with Gasteiger partial charge >= 0.3 is 0 Å². The van der Waals surface area contributed by atoms with Crippen LogP contribution in [0.4, 0.5) is 17.1 Å². The topological polar surface area (TPSA) is 43.8 Å². The Morgan fingerprint density at radius 2 is 1.71 bits per heavy atom. The molecule has 2 aliphatic heterocycles. The SMILES string of the molecule is CCC(C)N1C(=O)c2ccc(N3c4ccccc4CCc4ccc(Cl)cc43)c3cccc(c23)C1O. The molecule has 2 atom stereocenters. The molecule has 5 heteroatoms. The van der Waals surface area contributed by atoms with Gasteiger partial charge in [0.05, 0.1) is 11.4 Å². The van der Waals surface area contributed by atoms with E-state index in [2.05, 4.69) is 35.2 Å². The first-order valence-corrected chi connectivity index (χ1v) is 12.6. The number of halogens is 1. The van der Waals surface area contributed by atoms with Gasteiger partial charge in [0.2, 0.25) is 0 Å². The largest absolute Gasteiger partial charge is 0.369 e. The lowest BCUT2D eigenvalue weighted by Crippen LogP contribution is -2.43. The Labute approximate surface area is 210 Å². The molecule has 0 aromatic heterocycles. The van der Waals surface area contributed by atoms with Gasteiger partial charge in [0, 0.05) is 38.7 Å². The minimum absolute atomic E-state index is 0.0629. The third-order valence-electron chi connectivity index (χ3n) is 7.55. The second-order valence-corrected chi connectivity index (χ2v) is 9.92. The zero-order valence-corrected chi connectivity index (χ0v) is 20.6. The number of fused-ring (bicyclic) bond motifs is 2. The molecule has 0 radical (unpaired) electrons. The van der Waals surface area contributed by atoms with Gasteiger partial charge in [-0.05, 0) is 67.6 Å². The maximum atomic E-state index is 13.5. The number of rotatable bonds is 3. The molecule has 6 rings (SSSR count). The second-order valence-electron chi connectivity index (χ2n) is 9.48. The Hall–Kier alpha value is -3.34. The van der Waals surface area contributed by atoms with E-state index in [0.29, 0.717) is 10.6 Å². The molecule has 4 nitrogen and oxygen atoms in total. The first-order chi connectivity index (χ1) is 17.0. The summed E-state index contributed by atoms with van der Waals surface area (Å²) in [6, 6.07) is 24.4. The van der Waals surface area contributed by atoms with Gasteiger partial charge in [-0.2, -0.15) is 0 Å². The number of anilines is 3. The van der Waals surface area contributed by atoms with Crippen LogP contribution in [0.5, 0.6) is 0 Å². The summed E-state index contributed by atoms with van der Waals surface area (Å²) in [5.74, 6) is -0.123. The van der Waals surface area contributed by atoms with Crippen LogP contribution in [0.1, 0.15) is 53.5 Å². The van der Waals surface area contributed by atoms with Gasteiger partial charge in [-0.1, -0.05) is 61.0 Å². The summed E-state index contributed by atoms with van der Waals surface area (Å²) < 4.78 is 0. The Balaban J connectivity index is 1.64. The average Bonchev–Trinajstić information content (AvgIpc) is 3.03. The molecule has 1 amide bonds. The van der Waals surface area contributed by atoms with Gasteiger partial charge in [0.1, 0.15) is 0 Å². The van der Waals surface area contributed by atoms with E-state index in [-0.39, 0.29) is 11.9 Å². The lowest BCUT2D eigenvalue weighted by molar-refractivity contribution is -0.0129. The molecule has 2 aliphatic rings. The van der Waals surface area contributed by atoms with Gasteiger partial charge in [-0.15, -0.1) is 0 Å². The molecular weight excluding hydrogens is 456 g/mol. The van der Waals surface area contributed by atoms with Crippen LogP contribution in [0.2, 0.25) is 5.02 Å². The van der Waals surface area contributed by atoms with Crippen molar-refractivity contribution in [1.29, 1.82) is 0 Å². The number of aliphatic hydroxyl groups is 1. The molecule has 0 spiro atoms. The molecular formula is C30H27ClN2O2. The molecule has 0 aliphatic carbocycles. The Kier molecular flexibility index (Phi) is 5.32. The molecule has 0 saturated carbocycles. The molecule has 0 bridgehead atoms. The third-order valence-corrected chi connectivity index (χ3v) is 7.78. The van der Waals surface area contributed by atoms with Crippen LogP contribution < -0.4 is 4.90 Å². The number of amides is 1. The van der Waals surface area contributed by atoms with Crippen molar-refractivity contribution >= 4 is 45.3 Å². The fourth-order valence-electron chi connectivity index (χ4n) is 5.60. The number of aryl methyl sites for hydroxylation is 2. The number of carbonyl (C=O) groups excluding carboxylic acids is 1. The van der Waals surface area contributed by atoms with Gasteiger partial charge in [0.25, 0.3) is 5.91 Å². The highest BCUT2D eigenvalue weighted by Crippen LogP contribution is 2.47. The summed E-state index contributed by atoms with van der Waals surface area (Å²) >= 11 is 6.50. The van der Waals surface area contributed by atoms with Crippen LogP contribution in [0.15, 0.2) is 72.8 Å². The Bertz CT molecular complexity index is 1480. The van der Waals surface area contributed by atoms with Crippen molar-refractivity contribution in [2.75, 3.05) is 4.90 Å². The minimum atomic E-state index is -0.970. The average molecular weight is 483 g/mol. The van der Waals surface area contributed by atoms with E-state index < -0.39 is 6.23 Å². The maximum Gasteiger partial charge on any atom is 0.257 e. The highest BCUT2D eigenvalue weighted by atomic mass is 35.5. The number of aliphatic hydroxyl groups excluding tert-OH is 1. The van der Waals surface area contributed by atoms with Gasteiger partial charge in [-0.3, -0.25) is 4.79 Å². The van der Waals surface area contributed by atoms with E-state index in [1.54, 1.807) is 4.90 Å². The van der Waals surface area contributed by atoms with E-state index in [0.717, 1.165) is 52.7 Å². The maximum absolute atomic E-state index is 13.5. The van der Waals surface area contributed by atoms with E-state index in [1.165, 1.54) is 11.1 Å². The van der Waals surface area contributed by atoms with Crippen molar-refractivity contribution < 1.29 is 9.90 Å². The smallest absolute Gasteiger partial charge is 0.257 e. The monoisotopic (exact) mass is 482 g/mol. The molecule has 176 valence electrons. The summed E-state index contributed by atoms with van der Waals surface area (Å²) in [5, 5.41) is 13.7. The summed E-state index contributed by atoms with van der Waals surface area (Å²) in [4.78, 5) is 17.4. The first kappa shape index (κ1) is 22.1. The molecule has 4 aromatic rings. The minimum Gasteiger partial charge on any atom is -0.369 e. The third kappa shape index (κ3) is 3.35. The van der Waals surface area contributed by atoms with E-state index in [1.807, 2.05) is 56.3 Å². The molecule has 2 heterocycles. The van der Waals surface area contributed by atoms with Crippen molar-refractivity contribution in [2.24, 2.45) is 0 Å². The molecule has 4 aromatic carbocycles. The van der Waals surface area contributed by atoms with Crippen LogP contribution in [-0.4, -0.2) is 22.0 Å². The number of benzene rings is 4. The van der Waals surface area contributed by atoms with Gasteiger partial charge in [-0.25, -0.2) is 0 Å². The van der Waals surface area contributed by atoms with Crippen molar-refractivity contribution in [3.05, 3.63) is 100 Å². The van der Waals surface area contributed by atoms with Crippen molar-refractivity contribution in [1.82, 2.24) is 4.90 Å². The highest BCUT2D eigenvalue weighted by Gasteiger charge is 2.36. The highest BCUT2D eigenvalue weighted by molar-refractivity contribution is 6.31. The van der Waals surface area contributed by atoms with Crippen molar-refractivity contribution in [2.45, 2.75) is 45.4 Å². The predicted molar refractivity (Wildman–Crippen MR) is 142 cm³/mol. The lowest BCUT2D eigenvalue weighted by Gasteiger charge is -2.38. The zero-order valence-electron chi connectivity index (χ0n) is 19.8. The molecule has 0 saturated heterocycles. The van der Waals surface area contributed by atoms with E-state index in [9.17, 15) is 9.90 Å². The molecule has 2 unspecified atom stereocenters. The molecule has 1 N–H and O–H groups in total. The Morgan fingerprint density at radius 1 is 0.943 bits per heavy atom. The fourth-order valence-corrected chi connectivity index (χ4v) is 5.77.